The molecule has 0 saturated carbocycles. The second-order valence-electron chi connectivity index (χ2n) is 4.03. The van der Waals surface area contributed by atoms with Crippen molar-refractivity contribution in [2.45, 2.75) is 25.9 Å². The maximum Gasteiger partial charge on any atom is 0.145 e. The molecule has 1 atom stereocenters. The highest BCUT2D eigenvalue weighted by Gasteiger charge is 2.23. The van der Waals surface area contributed by atoms with E-state index in [1.54, 1.807) is 7.11 Å². The van der Waals surface area contributed by atoms with Crippen LogP contribution in [0.25, 0.3) is 0 Å². The standard InChI is InChI=1S/C12H18N2O/c1-9-5-3-6-10(12(9)15-2)14-8-4-7-11(14)13/h3,5-6,11H,4,7-8,13H2,1-2H3. The van der Waals surface area contributed by atoms with Gasteiger partial charge in [-0.05, 0) is 31.4 Å². The molecule has 3 nitrogen and oxygen atoms in total. The quantitative estimate of drug-likeness (QED) is 0.803. The highest BCUT2D eigenvalue weighted by atomic mass is 16.5. The van der Waals surface area contributed by atoms with Gasteiger partial charge >= 0.3 is 0 Å². The lowest BCUT2D eigenvalue weighted by atomic mass is 10.2. The number of nitrogens with zero attached hydrogens (tertiary/aromatic N) is 1. The van der Waals surface area contributed by atoms with Gasteiger partial charge in [0, 0.05) is 6.54 Å². The first-order valence-electron chi connectivity index (χ1n) is 5.40. The number of aryl methyl sites for hydroxylation is 1. The van der Waals surface area contributed by atoms with Crippen molar-refractivity contribution in [2.75, 3.05) is 18.6 Å². The van der Waals surface area contributed by atoms with Crippen molar-refractivity contribution < 1.29 is 4.74 Å². The fourth-order valence-electron chi connectivity index (χ4n) is 2.22. The first-order valence-corrected chi connectivity index (χ1v) is 5.40. The number of ether oxygens (including phenoxy) is 1. The highest BCUT2D eigenvalue weighted by Crippen LogP contribution is 2.34. The summed E-state index contributed by atoms with van der Waals surface area (Å²) in [6, 6.07) is 6.19. The van der Waals surface area contributed by atoms with Crippen LogP contribution in [-0.2, 0) is 0 Å². The van der Waals surface area contributed by atoms with Gasteiger partial charge in [-0.15, -0.1) is 0 Å². The lowest BCUT2D eigenvalue weighted by molar-refractivity contribution is 0.411. The number of hydrogen-bond acceptors (Lipinski definition) is 3. The van der Waals surface area contributed by atoms with Crippen LogP contribution in [0.15, 0.2) is 18.2 Å². The van der Waals surface area contributed by atoms with Gasteiger partial charge in [-0.1, -0.05) is 12.1 Å². The molecule has 1 fully saturated rings. The molecule has 1 aromatic carbocycles. The molecule has 0 radical (unpaired) electrons. The molecule has 15 heavy (non-hydrogen) atoms. The minimum absolute atomic E-state index is 0.140. The van der Waals surface area contributed by atoms with E-state index in [4.69, 9.17) is 10.5 Å². The predicted molar refractivity (Wildman–Crippen MR) is 62.3 cm³/mol. The Kier molecular flexibility index (Phi) is 2.82. The van der Waals surface area contributed by atoms with Gasteiger partial charge in [-0.25, -0.2) is 0 Å². The van der Waals surface area contributed by atoms with Crippen molar-refractivity contribution in [3.63, 3.8) is 0 Å². The molecule has 0 aromatic heterocycles. The zero-order valence-electron chi connectivity index (χ0n) is 9.36. The Labute approximate surface area is 90.8 Å². The second kappa shape index (κ2) is 4.11. The van der Waals surface area contributed by atoms with Crippen molar-refractivity contribution >= 4 is 5.69 Å². The van der Waals surface area contributed by atoms with Crippen LogP contribution in [0, 0.1) is 6.92 Å². The number of rotatable bonds is 2. The van der Waals surface area contributed by atoms with Gasteiger partial charge in [0.1, 0.15) is 5.75 Å². The highest BCUT2D eigenvalue weighted by molar-refractivity contribution is 5.62. The molecule has 1 aliphatic rings. The van der Waals surface area contributed by atoms with Gasteiger partial charge in [-0.2, -0.15) is 0 Å². The largest absolute Gasteiger partial charge is 0.494 e. The summed E-state index contributed by atoms with van der Waals surface area (Å²) in [7, 11) is 1.72. The second-order valence-corrected chi connectivity index (χ2v) is 4.03. The number of anilines is 1. The van der Waals surface area contributed by atoms with Crippen LogP contribution < -0.4 is 15.4 Å². The summed E-state index contributed by atoms with van der Waals surface area (Å²) in [5, 5.41) is 0. The van der Waals surface area contributed by atoms with Crippen molar-refractivity contribution in [3.8, 4) is 5.75 Å². The SMILES string of the molecule is COc1c(C)cccc1N1CCCC1N. The van der Waals surface area contributed by atoms with Gasteiger partial charge in [0.15, 0.2) is 0 Å². The van der Waals surface area contributed by atoms with Crippen LogP contribution in [0.3, 0.4) is 0 Å². The van der Waals surface area contributed by atoms with Crippen molar-refractivity contribution in [1.82, 2.24) is 0 Å². The Morgan fingerprint density at radius 3 is 2.87 bits per heavy atom. The molecule has 0 bridgehead atoms. The van der Waals surface area contributed by atoms with E-state index in [2.05, 4.69) is 30.0 Å². The summed E-state index contributed by atoms with van der Waals surface area (Å²) in [6.45, 7) is 3.09. The monoisotopic (exact) mass is 206 g/mol. The Morgan fingerprint density at radius 1 is 1.47 bits per heavy atom. The van der Waals surface area contributed by atoms with Gasteiger partial charge in [0.25, 0.3) is 0 Å². The normalized spacial score (nSPS) is 20.7. The van der Waals surface area contributed by atoms with E-state index in [0.717, 1.165) is 36.4 Å². The van der Waals surface area contributed by atoms with Gasteiger partial charge in [-0.3, -0.25) is 0 Å². The van der Waals surface area contributed by atoms with E-state index in [9.17, 15) is 0 Å². The number of nitrogens with two attached hydrogens (primary N) is 1. The summed E-state index contributed by atoms with van der Waals surface area (Å²) >= 11 is 0. The number of benzene rings is 1. The maximum atomic E-state index is 6.06. The average molecular weight is 206 g/mol. The van der Waals surface area contributed by atoms with E-state index < -0.39 is 0 Å². The minimum Gasteiger partial charge on any atom is -0.494 e. The first-order chi connectivity index (χ1) is 7.24. The predicted octanol–water partition coefficient (Wildman–Crippen LogP) is 1.89. The van der Waals surface area contributed by atoms with E-state index in [1.807, 2.05) is 0 Å². The van der Waals surface area contributed by atoms with Crippen LogP contribution in [0.2, 0.25) is 0 Å². The summed E-state index contributed by atoms with van der Waals surface area (Å²) < 4.78 is 5.44. The average Bonchev–Trinajstić information content (AvgIpc) is 2.64. The Balaban J connectivity index is 2.38. The molecule has 0 amide bonds. The molecule has 82 valence electrons. The Morgan fingerprint density at radius 2 is 2.27 bits per heavy atom. The zero-order valence-corrected chi connectivity index (χ0v) is 9.36. The number of para-hydroxylation sites is 1. The summed E-state index contributed by atoms with van der Waals surface area (Å²) in [6.07, 6.45) is 2.37. The van der Waals surface area contributed by atoms with Crippen LogP contribution in [0.1, 0.15) is 18.4 Å². The Hall–Kier alpha value is -1.22. The molecular formula is C12H18N2O. The maximum absolute atomic E-state index is 6.06. The zero-order chi connectivity index (χ0) is 10.8. The molecule has 3 heteroatoms. The van der Waals surface area contributed by atoms with Crippen LogP contribution in [-0.4, -0.2) is 19.8 Å². The molecule has 2 rings (SSSR count). The third-order valence-corrected chi connectivity index (χ3v) is 3.00. The number of methoxy groups -OCH3 is 1. The first kappa shape index (κ1) is 10.3. The summed E-state index contributed by atoms with van der Waals surface area (Å²) in [4.78, 5) is 2.23. The smallest absolute Gasteiger partial charge is 0.145 e. The van der Waals surface area contributed by atoms with E-state index in [0.29, 0.717) is 0 Å². The van der Waals surface area contributed by atoms with E-state index in [1.165, 1.54) is 0 Å². The number of hydrogen-bond donors (Lipinski definition) is 1. The van der Waals surface area contributed by atoms with E-state index >= 15 is 0 Å². The molecule has 1 aromatic rings. The van der Waals surface area contributed by atoms with E-state index in [-0.39, 0.29) is 6.17 Å². The third-order valence-electron chi connectivity index (χ3n) is 3.00. The molecule has 2 N–H and O–H groups in total. The van der Waals surface area contributed by atoms with Crippen molar-refractivity contribution in [1.29, 1.82) is 0 Å². The van der Waals surface area contributed by atoms with Crippen LogP contribution in [0.4, 0.5) is 5.69 Å². The molecular weight excluding hydrogens is 188 g/mol. The molecule has 1 heterocycles. The fraction of sp³-hybridized carbons (Fsp3) is 0.500. The molecule has 1 aliphatic heterocycles. The Bertz CT molecular complexity index is 351. The molecule has 1 unspecified atom stereocenters. The van der Waals surface area contributed by atoms with Crippen LogP contribution in [0.5, 0.6) is 5.75 Å². The fourth-order valence-corrected chi connectivity index (χ4v) is 2.22. The topological polar surface area (TPSA) is 38.5 Å². The van der Waals surface area contributed by atoms with Crippen molar-refractivity contribution in [2.24, 2.45) is 5.73 Å². The lowest BCUT2D eigenvalue weighted by Crippen LogP contribution is -2.36. The lowest BCUT2D eigenvalue weighted by Gasteiger charge is -2.26. The molecule has 0 spiro atoms. The third kappa shape index (κ3) is 1.79. The van der Waals surface area contributed by atoms with Crippen LogP contribution >= 0.6 is 0 Å². The van der Waals surface area contributed by atoms with Gasteiger partial charge in [0.05, 0.1) is 19.0 Å². The minimum atomic E-state index is 0.140. The molecule has 1 saturated heterocycles. The van der Waals surface area contributed by atoms with Gasteiger partial charge in [0.2, 0.25) is 0 Å². The van der Waals surface area contributed by atoms with Crippen molar-refractivity contribution in [3.05, 3.63) is 23.8 Å². The summed E-state index contributed by atoms with van der Waals surface area (Å²) in [5.41, 5.74) is 8.34. The molecule has 0 aliphatic carbocycles. The summed E-state index contributed by atoms with van der Waals surface area (Å²) in [5.74, 6) is 0.954. The van der Waals surface area contributed by atoms with Gasteiger partial charge < -0.3 is 15.4 Å².